The molecule has 2 fully saturated rings. The van der Waals surface area contributed by atoms with E-state index in [1.165, 1.54) is 11.3 Å². The summed E-state index contributed by atoms with van der Waals surface area (Å²) in [6.45, 7) is 13.2. The Morgan fingerprint density at radius 2 is 1.55 bits per heavy atom. The van der Waals surface area contributed by atoms with Gasteiger partial charge in [0, 0.05) is 69.8 Å². The number of rotatable bonds is 4. The molecule has 4 heterocycles. The third kappa shape index (κ3) is 4.22. The third-order valence-electron chi connectivity index (χ3n) is 6.49. The smallest absolute Gasteiger partial charge is 0.254 e. The van der Waals surface area contributed by atoms with Crippen LogP contribution in [0.25, 0.3) is 5.78 Å². The molecule has 3 aromatic rings. The van der Waals surface area contributed by atoms with Crippen molar-refractivity contribution in [2.45, 2.75) is 20.4 Å². The summed E-state index contributed by atoms with van der Waals surface area (Å²) in [5, 5.41) is 4.87. The van der Waals surface area contributed by atoms with Gasteiger partial charge in [0.25, 0.3) is 5.78 Å². The van der Waals surface area contributed by atoms with Gasteiger partial charge in [0.15, 0.2) is 5.82 Å². The van der Waals surface area contributed by atoms with E-state index in [2.05, 4.69) is 68.9 Å². The molecule has 2 aliphatic heterocycles. The molecule has 0 amide bonds. The molecule has 0 radical (unpaired) electrons. The Bertz CT molecular complexity index is 1040. The van der Waals surface area contributed by atoms with Crippen molar-refractivity contribution < 1.29 is 0 Å². The quantitative estimate of drug-likeness (QED) is 0.638. The van der Waals surface area contributed by atoms with E-state index in [-0.39, 0.29) is 0 Å². The number of likely N-dealkylation sites (N-methyl/N-ethyl adjacent to an activating group) is 1. The molecular formula is C23H32N8. The number of benzene rings is 1. The zero-order valence-electron chi connectivity index (χ0n) is 18.8. The molecule has 0 N–H and O–H groups in total. The maximum Gasteiger partial charge on any atom is 0.254 e. The number of hydrogen-bond donors (Lipinski definition) is 0. The van der Waals surface area contributed by atoms with Crippen molar-refractivity contribution in [3.8, 4) is 0 Å². The zero-order valence-corrected chi connectivity index (χ0v) is 18.8. The Morgan fingerprint density at radius 3 is 2.29 bits per heavy atom. The summed E-state index contributed by atoms with van der Waals surface area (Å²) >= 11 is 0. The van der Waals surface area contributed by atoms with E-state index >= 15 is 0 Å². The number of fused-ring (bicyclic) bond motifs is 1. The lowest BCUT2D eigenvalue weighted by molar-refractivity contribution is 0.244. The Balaban J connectivity index is 1.29. The van der Waals surface area contributed by atoms with Crippen molar-refractivity contribution in [2.24, 2.45) is 0 Å². The maximum atomic E-state index is 4.87. The highest BCUT2D eigenvalue weighted by molar-refractivity contribution is 5.53. The minimum Gasteiger partial charge on any atom is -0.369 e. The van der Waals surface area contributed by atoms with Gasteiger partial charge in [-0.3, -0.25) is 4.90 Å². The SMILES string of the molecule is Cc1cc(N2CCN(C)CC2)n2nc(CN3CCN(c4ccccc4C)CC3)nc2n1. The molecule has 0 atom stereocenters. The third-order valence-corrected chi connectivity index (χ3v) is 6.49. The lowest BCUT2D eigenvalue weighted by atomic mass is 10.1. The highest BCUT2D eigenvalue weighted by Crippen LogP contribution is 2.22. The maximum absolute atomic E-state index is 4.87. The molecular weight excluding hydrogens is 388 g/mol. The van der Waals surface area contributed by atoms with Crippen molar-refractivity contribution >= 4 is 17.3 Å². The lowest BCUT2D eigenvalue weighted by Crippen LogP contribution is -2.46. The van der Waals surface area contributed by atoms with E-state index in [4.69, 9.17) is 10.1 Å². The molecule has 2 aliphatic rings. The first kappa shape index (κ1) is 20.2. The van der Waals surface area contributed by atoms with E-state index < -0.39 is 0 Å². The molecule has 2 saturated heterocycles. The molecule has 164 valence electrons. The molecule has 1 aromatic carbocycles. The largest absolute Gasteiger partial charge is 0.369 e. The first-order chi connectivity index (χ1) is 15.1. The minimum atomic E-state index is 0.711. The van der Waals surface area contributed by atoms with E-state index in [9.17, 15) is 0 Å². The van der Waals surface area contributed by atoms with Crippen LogP contribution in [0, 0.1) is 13.8 Å². The fourth-order valence-electron chi connectivity index (χ4n) is 4.60. The summed E-state index contributed by atoms with van der Waals surface area (Å²) in [5.41, 5.74) is 3.69. The van der Waals surface area contributed by atoms with Crippen molar-refractivity contribution in [2.75, 3.05) is 69.2 Å². The Morgan fingerprint density at radius 1 is 0.839 bits per heavy atom. The van der Waals surface area contributed by atoms with Gasteiger partial charge in [0.2, 0.25) is 0 Å². The predicted molar refractivity (Wildman–Crippen MR) is 124 cm³/mol. The van der Waals surface area contributed by atoms with Crippen LogP contribution in [0.2, 0.25) is 0 Å². The van der Waals surface area contributed by atoms with Gasteiger partial charge in [-0.05, 0) is 32.5 Å². The number of hydrogen-bond acceptors (Lipinski definition) is 7. The van der Waals surface area contributed by atoms with Gasteiger partial charge >= 0.3 is 0 Å². The van der Waals surface area contributed by atoms with Gasteiger partial charge in [-0.1, -0.05) is 18.2 Å². The van der Waals surface area contributed by atoms with Crippen molar-refractivity contribution in [1.29, 1.82) is 0 Å². The van der Waals surface area contributed by atoms with Crippen molar-refractivity contribution in [3.05, 3.63) is 47.4 Å². The van der Waals surface area contributed by atoms with Gasteiger partial charge in [0.1, 0.15) is 5.82 Å². The molecule has 0 bridgehead atoms. The summed E-state index contributed by atoms with van der Waals surface area (Å²) in [6, 6.07) is 10.8. The standard InChI is InChI=1S/C23H32N8/c1-18-6-4-5-7-20(18)29-14-10-28(11-15-29)17-21-25-23-24-19(2)16-22(31(23)26-21)30-12-8-27(3)9-13-30/h4-7,16H,8-15,17H2,1-3H3. The number of piperazine rings is 2. The average molecular weight is 421 g/mol. The summed E-state index contributed by atoms with van der Waals surface area (Å²) < 4.78 is 1.94. The van der Waals surface area contributed by atoms with Crippen LogP contribution < -0.4 is 9.80 Å². The van der Waals surface area contributed by atoms with Gasteiger partial charge in [-0.2, -0.15) is 9.50 Å². The molecule has 8 nitrogen and oxygen atoms in total. The summed E-state index contributed by atoms with van der Waals surface area (Å²) in [4.78, 5) is 19.1. The minimum absolute atomic E-state index is 0.711. The van der Waals surface area contributed by atoms with Crippen LogP contribution in [0.4, 0.5) is 11.5 Å². The van der Waals surface area contributed by atoms with Crippen molar-refractivity contribution in [3.63, 3.8) is 0 Å². The van der Waals surface area contributed by atoms with E-state index in [0.717, 1.165) is 76.2 Å². The number of para-hydroxylation sites is 1. The first-order valence-electron chi connectivity index (χ1n) is 11.3. The van der Waals surface area contributed by atoms with Crippen LogP contribution >= 0.6 is 0 Å². The average Bonchev–Trinajstić information content (AvgIpc) is 3.17. The zero-order chi connectivity index (χ0) is 21.4. The van der Waals surface area contributed by atoms with E-state index in [1.807, 2.05) is 11.4 Å². The van der Waals surface area contributed by atoms with Crippen LogP contribution in [0.5, 0.6) is 0 Å². The summed E-state index contributed by atoms with van der Waals surface area (Å²) in [7, 11) is 2.18. The number of anilines is 2. The highest BCUT2D eigenvalue weighted by atomic mass is 15.4. The van der Waals surface area contributed by atoms with Gasteiger partial charge in [0.05, 0.1) is 6.54 Å². The van der Waals surface area contributed by atoms with Crippen LogP contribution in [0.15, 0.2) is 30.3 Å². The Labute approximate surface area is 184 Å². The molecule has 0 unspecified atom stereocenters. The second-order valence-corrected chi connectivity index (χ2v) is 8.84. The molecule has 0 saturated carbocycles. The fraction of sp³-hybridized carbons (Fsp3) is 0.522. The summed E-state index contributed by atoms with van der Waals surface area (Å²) in [6.07, 6.45) is 0. The van der Waals surface area contributed by atoms with Crippen LogP contribution in [-0.4, -0.2) is 88.8 Å². The van der Waals surface area contributed by atoms with Crippen LogP contribution in [0.1, 0.15) is 17.1 Å². The molecule has 2 aromatic heterocycles. The predicted octanol–water partition coefficient (Wildman–Crippen LogP) is 1.82. The van der Waals surface area contributed by atoms with Gasteiger partial charge in [-0.15, -0.1) is 5.10 Å². The lowest BCUT2D eigenvalue weighted by Gasteiger charge is -2.36. The topological polar surface area (TPSA) is 56.0 Å². The van der Waals surface area contributed by atoms with Crippen LogP contribution in [0.3, 0.4) is 0 Å². The van der Waals surface area contributed by atoms with E-state index in [1.54, 1.807) is 0 Å². The second-order valence-electron chi connectivity index (χ2n) is 8.84. The Hall–Kier alpha value is -2.71. The second kappa shape index (κ2) is 8.43. The first-order valence-corrected chi connectivity index (χ1v) is 11.3. The fourth-order valence-corrected chi connectivity index (χ4v) is 4.60. The Kier molecular flexibility index (Phi) is 5.50. The van der Waals surface area contributed by atoms with Crippen LogP contribution in [-0.2, 0) is 6.54 Å². The van der Waals surface area contributed by atoms with Gasteiger partial charge in [-0.25, -0.2) is 4.98 Å². The molecule has 8 heteroatoms. The number of nitrogens with zero attached hydrogens (tertiary/aromatic N) is 8. The molecule has 31 heavy (non-hydrogen) atoms. The molecule has 5 rings (SSSR count). The normalized spacial score (nSPS) is 18.8. The summed E-state index contributed by atoms with van der Waals surface area (Å²) in [5.74, 6) is 2.68. The van der Waals surface area contributed by atoms with Gasteiger partial charge < -0.3 is 14.7 Å². The molecule has 0 aliphatic carbocycles. The number of aryl methyl sites for hydroxylation is 2. The monoisotopic (exact) mass is 420 g/mol. The highest BCUT2D eigenvalue weighted by Gasteiger charge is 2.22. The van der Waals surface area contributed by atoms with E-state index in [0.29, 0.717) is 5.78 Å². The number of aromatic nitrogens is 4. The van der Waals surface area contributed by atoms with Crippen molar-refractivity contribution in [1.82, 2.24) is 29.4 Å². The molecule has 0 spiro atoms.